The zero-order valence-electron chi connectivity index (χ0n) is 15.2. The van der Waals surface area contributed by atoms with Crippen LogP contribution in [0.4, 0.5) is 0 Å². The van der Waals surface area contributed by atoms with E-state index in [0.29, 0.717) is 5.02 Å². The molecule has 0 bridgehead atoms. The Morgan fingerprint density at radius 1 is 1.07 bits per heavy atom. The number of aliphatic imine (C=N–C) groups is 1. The predicted molar refractivity (Wildman–Crippen MR) is 111 cm³/mol. The minimum Gasteiger partial charge on any atom is -0.369 e. The fourth-order valence-corrected chi connectivity index (χ4v) is 3.82. The van der Waals surface area contributed by atoms with Gasteiger partial charge in [0.25, 0.3) is 0 Å². The lowest BCUT2D eigenvalue weighted by Gasteiger charge is -2.34. The molecule has 4 rings (SSSR count). The third-order valence-electron chi connectivity index (χ3n) is 5.24. The van der Waals surface area contributed by atoms with E-state index in [1.165, 1.54) is 4.90 Å². The van der Waals surface area contributed by atoms with Crippen molar-refractivity contribution in [2.45, 2.75) is 18.9 Å². The summed E-state index contributed by atoms with van der Waals surface area (Å²) in [7, 11) is 1.64. The van der Waals surface area contributed by atoms with Crippen LogP contribution in [0.5, 0.6) is 0 Å². The molecule has 3 aromatic rings. The van der Waals surface area contributed by atoms with Crippen molar-refractivity contribution < 1.29 is 4.79 Å². The predicted octanol–water partition coefficient (Wildman–Crippen LogP) is 4.55. The molecule has 0 saturated heterocycles. The fraction of sp³-hybridized carbons (Fsp3) is 0.182. The second kappa shape index (κ2) is 6.39. The third kappa shape index (κ3) is 2.96. The van der Waals surface area contributed by atoms with Gasteiger partial charge in [-0.2, -0.15) is 0 Å². The summed E-state index contributed by atoms with van der Waals surface area (Å²) in [5, 5.41) is 2.95. The summed E-state index contributed by atoms with van der Waals surface area (Å²) in [4.78, 5) is 18.3. The van der Waals surface area contributed by atoms with Gasteiger partial charge in [-0.1, -0.05) is 60.1 Å². The first kappa shape index (κ1) is 17.6. The molecule has 27 heavy (non-hydrogen) atoms. The summed E-state index contributed by atoms with van der Waals surface area (Å²) in [5.74, 6) is 0.182. The molecule has 1 aliphatic heterocycles. The van der Waals surface area contributed by atoms with Crippen LogP contribution in [0.1, 0.15) is 18.9 Å². The van der Waals surface area contributed by atoms with Crippen molar-refractivity contribution in [2.24, 2.45) is 10.7 Å². The standard InChI is InChI=1S/C22H20ClN3O/c1-22(13-20(27)26(2)21(24)25-22)15-10-11-19(23)18(12-15)17-9-5-7-14-6-3-4-8-16(14)17/h3-12H,13H2,1-2H3,(H2,24,25). The van der Waals surface area contributed by atoms with Crippen molar-refractivity contribution in [1.82, 2.24) is 4.90 Å². The highest BCUT2D eigenvalue weighted by atomic mass is 35.5. The minimum atomic E-state index is -0.711. The second-order valence-electron chi connectivity index (χ2n) is 7.09. The van der Waals surface area contributed by atoms with Gasteiger partial charge >= 0.3 is 0 Å². The first-order valence-electron chi connectivity index (χ1n) is 8.79. The Kier molecular flexibility index (Phi) is 4.16. The Morgan fingerprint density at radius 3 is 2.59 bits per heavy atom. The first-order valence-corrected chi connectivity index (χ1v) is 9.17. The van der Waals surface area contributed by atoms with Crippen LogP contribution in [0.2, 0.25) is 5.02 Å². The van der Waals surface area contributed by atoms with Gasteiger partial charge in [-0.15, -0.1) is 0 Å². The van der Waals surface area contributed by atoms with Crippen LogP contribution in [0.25, 0.3) is 21.9 Å². The number of hydrogen-bond donors (Lipinski definition) is 1. The molecule has 0 radical (unpaired) electrons. The molecular weight excluding hydrogens is 358 g/mol. The molecule has 0 aliphatic carbocycles. The molecular formula is C22H20ClN3O. The summed E-state index contributed by atoms with van der Waals surface area (Å²) in [6.45, 7) is 1.93. The number of hydrogen-bond acceptors (Lipinski definition) is 3. The third-order valence-corrected chi connectivity index (χ3v) is 5.57. The Balaban J connectivity index is 1.89. The lowest BCUT2D eigenvalue weighted by molar-refractivity contribution is -0.128. The smallest absolute Gasteiger partial charge is 0.231 e. The number of nitrogens with two attached hydrogens (primary N) is 1. The van der Waals surface area contributed by atoms with E-state index in [4.69, 9.17) is 17.3 Å². The van der Waals surface area contributed by atoms with Gasteiger partial charge in [0.1, 0.15) is 0 Å². The van der Waals surface area contributed by atoms with Gasteiger partial charge in [0.15, 0.2) is 5.96 Å². The quantitative estimate of drug-likeness (QED) is 0.712. The maximum absolute atomic E-state index is 12.3. The summed E-state index contributed by atoms with van der Waals surface area (Å²) < 4.78 is 0. The van der Waals surface area contributed by atoms with Gasteiger partial charge in [-0.05, 0) is 41.0 Å². The van der Waals surface area contributed by atoms with Gasteiger partial charge in [0.05, 0.1) is 12.0 Å². The molecule has 5 heteroatoms. The minimum absolute atomic E-state index is 0.0494. The van der Waals surface area contributed by atoms with E-state index in [1.54, 1.807) is 7.05 Å². The highest BCUT2D eigenvalue weighted by Gasteiger charge is 2.36. The molecule has 0 aromatic heterocycles. The molecule has 1 atom stereocenters. The monoisotopic (exact) mass is 377 g/mol. The van der Waals surface area contributed by atoms with Crippen molar-refractivity contribution in [3.05, 3.63) is 71.2 Å². The number of rotatable bonds is 2. The maximum atomic E-state index is 12.3. The van der Waals surface area contributed by atoms with E-state index < -0.39 is 5.54 Å². The molecule has 136 valence electrons. The number of benzene rings is 3. The zero-order chi connectivity index (χ0) is 19.2. The molecule has 4 nitrogen and oxygen atoms in total. The van der Waals surface area contributed by atoms with E-state index >= 15 is 0 Å². The molecule has 3 aromatic carbocycles. The zero-order valence-corrected chi connectivity index (χ0v) is 16.0. The number of guanidine groups is 1. The molecule has 0 saturated carbocycles. The van der Waals surface area contributed by atoms with Crippen molar-refractivity contribution >= 4 is 34.2 Å². The number of carbonyl (C=O) groups excluding carboxylic acids is 1. The van der Waals surface area contributed by atoms with Gasteiger partial charge in [-0.3, -0.25) is 9.69 Å². The molecule has 0 fully saturated rings. The van der Waals surface area contributed by atoms with Gasteiger partial charge in [0, 0.05) is 17.6 Å². The average Bonchev–Trinajstić information content (AvgIpc) is 2.66. The second-order valence-corrected chi connectivity index (χ2v) is 7.50. The van der Waals surface area contributed by atoms with Gasteiger partial charge in [0.2, 0.25) is 5.91 Å². The number of fused-ring (bicyclic) bond motifs is 1. The topological polar surface area (TPSA) is 58.7 Å². The molecule has 0 spiro atoms. The van der Waals surface area contributed by atoms with Crippen LogP contribution in [0.15, 0.2) is 65.7 Å². The van der Waals surface area contributed by atoms with E-state index in [2.05, 4.69) is 29.3 Å². The van der Waals surface area contributed by atoms with Crippen LogP contribution in [0.3, 0.4) is 0 Å². The average molecular weight is 378 g/mol. The Labute approximate surface area is 163 Å². The summed E-state index contributed by atoms with van der Waals surface area (Å²) in [6, 6.07) is 20.2. The number of carbonyl (C=O) groups is 1. The lowest BCUT2D eigenvalue weighted by Crippen LogP contribution is -2.47. The first-order chi connectivity index (χ1) is 12.9. The normalized spacial score (nSPS) is 20.0. The molecule has 1 heterocycles. The maximum Gasteiger partial charge on any atom is 0.231 e. The van der Waals surface area contributed by atoms with Crippen LogP contribution < -0.4 is 5.73 Å². The molecule has 1 amide bonds. The van der Waals surface area contributed by atoms with Crippen LogP contribution in [-0.2, 0) is 10.3 Å². The van der Waals surface area contributed by atoms with Crippen molar-refractivity contribution in [1.29, 1.82) is 0 Å². The summed E-state index contributed by atoms with van der Waals surface area (Å²) in [6.07, 6.45) is 0.265. The molecule has 2 N–H and O–H groups in total. The van der Waals surface area contributed by atoms with Crippen LogP contribution in [-0.4, -0.2) is 23.8 Å². The number of halogens is 1. The van der Waals surface area contributed by atoms with Crippen LogP contribution in [0, 0.1) is 0 Å². The van der Waals surface area contributed by atoms with Crippen LogP contribution >= 0.6 is 11.6 Å². The fourth-order valence-electron chi connectivity index (χ4n) is 3.60. The van der Waals surface area contributed by atoms with Crippen molar-refractivity contribution in [3.8, 4) is 11.1 Å². The van der Waals surface area contributed by atoms with E-state index in [0.717, 1.165) is 27.5 Å². The lowest BCUT2D eigenvalue weighted by atomic mass is 9.85. The highest BCUT2D eigenvalue weighted by molar-refractivity contribution is 6.33. The van der Waals surface area contributed by atoms with E-state index in [-0.39, 0.29) is 18.3 Å². The summed E-state index contributed by atoms with van der Waals surface area (Å²) in [5.41, 5.74) is 8.15. The molecule has 1 unspecified atom stereocenters. The Hall–Kier alpha value is -2.85. The van der Waals surface area contributed by atoms with Crippen molar-refractivity contribution in [2.75, 3.05) is 7.05 Å². The number of amides is 1. The molecule has 1 aliphatic rings. The van der Waals surface area contributed by atoms with Gasteiger partial charge in [-0.25, -0.2) is 4.99 Å². The SMILES string of the molecule is CN1C(=O)CC(C)(c2ccc(Cl)c(-c3cccc4ccccc34)c2)N=C1N. The van der Waals surface area contributed by atoms with E-state index in [9.17, 15) is 4.79 Å². The Morgan fingerprint density at radius 2 is 1.81 bits per heavy atom. The highest BCUT2D eigenvalue weighted by Crippen LogP contribution is 2.39. The van der Waals surface area contributed by atoms with Crippen molar-refractivity contribution in [3.63, 3.8) is 0 Å². The largest absolute Gasteiger partial charge is 0.369 e. The summed E-state index contributed by atoms with van der Waals surface area (Å²) >= 11 is 6.56. The Bertz CT molecular complexity index is 1090. The number of nitrogens with zero attached hydrogens (tertiary/aromatic N) is 2. The van der Waals surface area contributed by atoms with E-state index in [1.807, 2.05) is 43.3 Å². The van der Waals surface area contributed by atoms with Gasteiger partial charge < -0.3 is 5.73 Å².